The molecule has 120 valence electrons. The lowest BCUT2D eigenvalue weighted by Gasteiger charge is -2.40. The fraction of sp³-hybridized carbons (Fsp3) is 0.211. The molecule has 4 rings (SSSR count). The summed E-state index contributed by atoms with van der Waals surface area (Å²) in [5.41, 5.74) is 1.74. The third-order valence-electron chi connectivity index (χ3n) is 4.72. The van der Waals surface area contributed by atoms with Crippen LogP contribution in [0.5, 0.6) is 0 Å². The maximum Gasteiger partial charge on any atom is 0.252 e. The molecule has 1 saturated carbocycles. The van der Waals surface area contributed by atoms with Crippen LogP contribution in [0.4, 0.5) is 5.82 Å². The van der Waals surface area contributed by atoms with E-state index >= 15 is 0 Å². The molecule has 24 heavy (non-hydrogen) atoms. The number of nitrogens with zero attached hydrogens (tertiary/aromatic N) is 1. The summed E-state index contributed by atoms with van der Waals surface area (Å²) in [6.45, 7) is 0. The number of amides is 2. The second-order valence-corrected chi connectivity index (χ2v) is 6.20. The third-order valence-corrected chi connectivity index (χ3v) is 4.72. The van der Waals surface area contributed by atoms with Gasteiger partial charge in [-0.2, -0.15) is 0 Å². The summed E-state index contributed by atoms with van der Waals surface area (Å²) in [7, 11) is 0. The molecule has 2 amide bonds. The van der Waals surface area contributed by atoms with Gasteiger partial charge in [-0.25, -0.2) is 4.98 Å². The summed E-state index contributed by atoms with van der Waals surface area (Å²) in [6, 6.07) is 5.33. The van der Waals surface area contributed by atoms with Crippen molar-refractivity contribution in [3.05, 3.63) is 71.5 Å². The molecule has 5 heteroatoms. The second kappa shape index (κ2) is 5.60. The number of rotatable bonds is 4. The Labute approximate surface area is 139 Å². The predicted octanol–water partition coefficient (Wildman–Crippen LogP) is 2.42. The molecule has 0 bridgehead atoms. The molecule has 0 aliphatic heterocycles. The summed E-state index contributed by atoms with van der Waals surface area (Å²) in [5, 5.41) is 5.76. The van der Waals surface area contributed by atoms with Crippen molar-refractivity contribution < 1.29 is 9.59 Å². The summed E-state index contributed by atoms with van der Waals surface area (Å²) in [6.07, 6.45) is 13.4. The van der Waals surface area contributed by atoms with E-state index in [4.69, 9.17) is 0 Å². The lowest BCUT2D eigenvalue weighted by Crippen LogP contribution is -2.61. The van der Waals surface area contributed by atoms with E-state index in [1.807, 2.05) is 36.4 Å². The molecule has 1 aromatic heterocycles. The van der Waals surface area contributed by atoms with Crippen LogP contribution in [0.25, 0.3) is 0 Å². The van der Waals surface area contributed by atoms with Crippen molar-refractivity contribution >= 4 is 17.6 Å². The smallest absolute Gasteiger partial charge is 0.252 e. The van der Waals surface area contributed by atoms with Crippen molar-refractivity contribution in [3.63, 3.8) is 0 Å². The molecule has 1 heterocycles. The normalized spacial score (nSPS) is 19.6. The Morgan fingerprint density at radius 1 is 1.12 bits per heavy atom. The molecule has 3 aliphatic rings. The molecule has 3 aliphatic carbocycles. The molecule has 0 aromatic carbocycles. The number of allylic oxidation sites excluding steroid dienone is 6. The zero-order valence-corrected chi connectivity index (χ0v) is 13.1. The van der Waals surface area contributed by atoms with Crippen LogP contribution in [-0.4, -0.2) is 22.3 Å². The van der Waals surface area contributed by atoms with Crippen molar-refractivity contribution in [2.24, 2.45) is 0 Å². The Morgan fingerprint density at radius 3 is 2.71 bits per heavy atom. The minimum atomic E-state index is -0.842. The van der Waals surface area contributed by atoms with E-state index in [-0.39, 0.29) is 11.8 Å². The van der Waals surface area contributed by atoms with Gasteiger partial charge >= 0.3 is 0 Å². The van der Waals surface area contributed by atoms with E-state index in [9.17, 15) is 9.59 Å². The van der Waals surface area contributed by atoms with E-state index in [0.717, 1.165) is 17.6 Å². The first-order chi connectivity index (χ1) is 11.7. The molecular formula is C19H17N3O2. The van der Waals surface area contributed by atoms with Crippen LogP contribution in [0.3, 0.4) is 0 Å². The highest BCUT2D eigenvalue weighted by Crippen LogP contribution is 2.35. The van der Waals surface area contributed by atoms with E-state index in [2.05, 4.69) is 15.6 Å². The van der Waals surface area contributed by atoms with Crippen molar-refractivity contribution in [2.45, 2.75) is 24.8 Å². The Bertz CT molecular complexity index is 827. The zero-order valence-electron chi connectivity index (χ0n) is 13.1. The number of fused-ring (bicyclic) bond motifs is 1. The summed E-state index contributed by atoms with van der Waals surface area (Å²) in [5.74, 6) is 0.0907. The first-order valence-electron chi connectivity index (χ1n) is 8.04. The lowest BCUT2D eigenvalue weighted by atomic mass is 9.75. The Balaban J connectivity index is 1.51. The average molecular weight is 319 g/mol. The number of hydrogen-bond acceptors (Lipinski definition) is 3. The van der Waals surface area contributed by atoms with Crippen LogP contribution < -0.4 is 10.6 Å². The van der Waals surface area contributed by atoms with Crippen LogP contribution in [-0.2, 0) is 9.59 Å². The van der Waals surface area contributed by atoms with Gasteiger partial charge in [0.25, 0.3) is 11.8 Å². The van der Waals surface area contributed by atoms with Crippen LogP contribution in [0.1, 0.15) is 19.3 Å². The van der Waals surface area contributed by atoms with Crippen molar-refractivity contribution in [1.29, 1.82) is 0 Å². The van der Waals surface area contributed by atoms with Crippen LogP contribution in [0.2, 0.25) is 0 Å². The number of hydrogen-bond donors (Lipinski definition) is 2. The first-order valence-corrected chi connectivity index (χ1v) is 8.04. The summed E-state index contributed by atoms with van der Waals surface area (Å²) in [4.78, 5) is 29.5. The monoisotopic (exact) mass is 319 g/mol. The Kier molecular flexibility index (Phi) is 3.41. The standard InChI is InChI=1S/C19H17N3O2/c23-17(15-9-8-13-5-3-6-14(13)15)22-19(10-4-11-19)18(24)21-16-7-1-2-12-20-16/h1-3,5-9,12H,4,10-11H2,(H,22,23)(H,20,21,24). The molecule has 0 saturated heterocycles. The minimum Gasteiger partial charge on any atom is -0.338 e. The number of pyridine rings is 1. The van der Waals surface area contributed by atoms with E-state index in [1.165, 1.54) is 0 Å². The van der Waals surface area contributed by atoms with E-state index in [1.54, 1.807) is 18.3 Å². The second-order valence-electron chi connectivity index (χ2n) is 6.20. The molecule has 0 unspecified atom stereocenters. The minimum absolute atomic E-state index is 0.202. The molecule has 5 nitrogen and oxygen atoms in total. The van der Waals surface area contributed by atoms with E-state index in [0.29, 0.717) is 24.2 Å². The zero-order chi connectivity index (χ0) is 16.6. The Hall–Kier alpha value is -2.95. The SMILES string of the molecule is O=C(NC1(C(=O)Nc2ccccn2)CCC1)C1=C2C=CC=C2C=C1. The van der Waals surface area contributed by atoms with Gasteiger partial charge in [0, 0.05) is 11.8 Å². The van der Waals surface area contributed by atoms with Crippen LogP contribution in [0.15, 0.2) is 71.5 Å². The number of anilines is 1. The highest BCUT2D eigenvalue weighted by atomic mass is 16.2. The van der Waals surface area contributed by atoms with Gasteiger partial charge in [0.15, 0.2) is 0 Å². The summed E-state index contributed by atoms with van der Waals surface area (Å²) < 4.78 is 0. The highest BCUT2D eigenvalue weighted by molar-refractivity contribution is 6.06. The lowest BCUT2D eigenvalue weighted by molar-refractivity contribution is -0.131. The Morgan fingerprint density at radius 2 is 2.00 bits per heavy atom. The van der Waals surface area contributed by atoms with Crippen molar-refractivity contribution in [3.8, 4) is 0 Å². The predicted molar refractivity (Wildman–Crippen MR) is 91.0 cm³/mol. The number of aromatic nitrogens is 1. The quantitative estimate of drug-likeness (QED) is 0.895. The van der Waals surface area contributed by atoms with Crippen LogP contribution in [0, 0.1) is 0 Å². The average Bonchev–Trinajstić information content (AvgIpc) is 3.14. The van der Waals surface area contributed by atoms with Gasteiger partial charge in [0.05, 0.1) is 0 Å². The summed E-state index contributed by atoms with van der Waals surface area (Å²) >= 11 is 0. The van der Waals surface area contributed by atoms with Crippen LogP contribution >= 0.6 is 0 Å². The number of carbonyl (C=O) groups is 2. The van der Waals surface area contributed by atoms with Gasteiger partial charge < -0.3 is 10.6 Å². The third kappa shape index (κ3) is 2.38. The molecule has 0 atom stereocenters. The van der Waals surface area contributed by atoms with Gasteiger partial charge in [0.2, 0.25) is 0 Å². The maximum atomic E-state index is 12.7. The molecule has 1 fully saturated rings. The molecule has 2 N–H and O–H groups in total. The molecule has 0 spiro atoms. The van der Waals surface area contributed by atoms with Gasteiger partial charge in [-0.3, -0.25) is 9.59 Å². The maximum absolute atomic E-state index is 12.7. The van der Waals surface area contributed by atoms with Gasteiger partial charge in [0.1, 0.15) is 11.4 Å². The molecule has 0 radical (unpaired) electrons. The van der Waals surface area contributed by atoms with Crippen molar-refractivity contribution in [2.75, 3.05) is 5.32 Å². The fourth-order valence-electron chi connectivity index (χ4n) is 3.18. The number of nitrogens with one attached hydrogen (secondary N) is 2. The topological polar surface area (TPSA) is 71.1 Å². The van der Waals surface area contributed by atoms with Crippen molar-refractivity contribution in [1.82, 2.24) is 10.3 Å². The van der Waals surface area contributed by atoms with Gasteiger partial charge in [-0.15, -0.1) is 0 Å². The molecule has 1 aromatic rings. The van der Waals surface area contributed by atoms with E-state index < -0.39 is 5.54 Å². The van der Waals surface area contributed by atoms with Gasteiger partial charge in [-0.1, -0.05) is 30.4 Å². The number of carbonyl (C=O) groups excluding carboxylic acids is 2. The first kappa shape index (κ1) is 14.6. The highest BCUT2D eigenvalue weighted by Gasteiger charge is 2.46. The fourth-order valence-corrected chi connectivity index (χ4v) is 3.18. The molecular weight excluding hydrogens is 302 g/mol. The largest absolute Gasteiger partial charge is 0.338 e. The van der Waals surface area contributed by atoms with Gasteiger partial charge in [-0.05, 0) is 48.6 Å².